The Morgan fingerprint density at radius 2 is 1.52 bits per heavy atom. The van der Waals surface area contributed by atoms with Gasteiger partial charge in [-0.15, -0.1) is 0 Å². The fraction of sp³-hybridized carbons (Fsp3) is 0.265. The van der Waals surface area contributed by atoms with Crippen molar-refractivity contribution in [2.75, 3.05) is 21.3 Å². The minimum Gasteiger partial charge on any atom is -0.496 e. The molecule has 1 aliphatic carbocycles. The monoisotopic (exact) mass is 568 g/mol. The van der Waals surface area contributed by atoms with Crippen LogP contribution in [0.2, 0.25) is 0 Å². The largest absolute Gasteiger partial charge is 0.496 e. The second-order valence-electron chi connectivity index (χ2n) is 10.5. The van der Waals surface area contributed by atoms with E-state index < -0.39 is 35.1 Å². The molecule has 42 heavy (non-hydrogen) atoms. The lowest BCUT2D eigenvalue weighted by Gasteiger charge is -2.40. The fourth-order valence-electron chi connectivity index (χ4n) is 6.60. The van der Waals surface area contributed by atoms with E-state index in [2.05, 4.69) is 0 Å². The lowest BCUT2D eigenvalue weighted by molar-refractivity contribution is -0.161. The Labute approximate surface area is 244 Å². The van der Waals surface area contributed by atoms with E-state index in [4.69, 9.17) is 23.7 Å². The summed E-state index contributed by atoms with van der Waals surface area (Å²) in [7, 11) is 4.25. The van der Waals surface area contributed by atoms with Gasteiger partial charge in [-0.3, -0.25) is 4.79 Å². The second kappa shape index (κ2) is 10.7. The normalized spacial score (nSPS) is 25.6. The molecule has 0 saturated heterocycles. The van der Waals surface area contributed by atoms with Crippen LogP contribution in [0.25, 0.3) is 0 Å². The fourth-order valence-corrected chi connectivity index (χ4v) is 6.60. The minimum absolute atomic E-state index is 0.232. The molecular weight excluding hydrogens is 536 g/mol. The first-order valence-electron chi connectivity index (χ1n) is 13.6. The standard InChI is InChI=1S/C34H32O8/c1-38-25-18-26(39-2)30-27(19-25)42-34(23-14-16-24(17-15-23)41-20-21-10-6-4-7-11-21)29(22-12-8-5-9-13-22)28(32(36)40-3)31(35)33(30,34)37/h4-19,28-29,31,35,37H,20H2,1-3H3/t28?,29?,31-,33+,34+/m1/s1. The van der Waals surface area contributed by atoms with Crippen molar-refractivity contribution in [3.63, 3.8) is 0 Å². The zero-order valence-electron chi connectivity index (χ0n) is 23.5. The predicted octanol–water partition coefficient (Wildman–Crippen LogP) is 4.71. The Bertz CT molecular complexity index is 1570. The van der Waals surface area contributed by atoms with Gasteiger partial charge in [0.2, 0.25) is 0 Å². The zero-order chi connectivity index (χ0) is 29.5. The van der Waals surface area contributed by atoms with Gasteiger partial charge in [-0.05, 0) is 28.8 Å². The van der Waals surface area contributed by atoms with Crippen LogP contribution in [0.3, 0.4) is 0 Å². The molecule has 8 heteroatoms. The van der Waals surface area contributed by atoms with Gasteiger partial charge in [0.05, 0.1) is 32.8 Å². The van der Waals surface area contributed by atoms with Crippen molar-refractivity contribution in [2.45, 2.75) is 29.8 Å². The quantitative estimate of drug-likeness (QED) is 0.295. The molecule has 2 aliphatic rings. The van der Waals surface area contributed by atoms with Gasteiger partial charge >= 0.3 is 5.97 Å². The van der Waals surface area contributed by atoms with E-state index in [1.165, 1.54) is 21.3 Å². The number of benzene rings is 4. The lowest BCUT2D eigenvalue weighted by Crippen LogP contribution is -2.52. The summed E-state index contributed by atoms with van der Waals surface area (Å²) in [5.41, 5.74) is -1.30. The summed E-state index contributed by atoms with van der Waals surface area (Å²) in [6.45, 7) is 0.379. The Morgan fingerprint density at radius 1 is 0.857 bits per heavy atom. The van der Waals surface area contributed by atoms with Crippen LogP contribution in [0.1, 0.15) is 28.2 Å². The van der Waals surface area contributed by atoms with Gasteiger partial charge in [0.15, 0.2) is 11.2 Å². The first-order valence-corrected chi connectivity index (χ1v) is 13.6. The number of methoxy groups -OCH3 is 3. The molecule has 0 bridgehead atoms. The van der Waals surface area contributed by atoms with Crippen LogP contribution >= 0.6 is 0 Å². The summed E-state index contributed by atoms with van der Waals surface area (Å²) >= 11 is 0. The first kappa shape index (κ1) is 27.6. The number of ether oxygens (including phenoxy) is 5. The van der Waals surface area contributed by atoms with Crippen molar-refractivity contribution in [1.29, 1.82) is 0 Å². The number of carbonyl (C=O) groups is 1. The number of fused-ring (bicyclic) bond motifs is 3. The number of aliphatic hydroxyl groups excluding tert-OH is 1. The van der Waals surface area contributed by atoms with E-state index >= 15 is 0 Å². The molecule has 1 heterocycles. The summed E-state index contributed by atoms with van der Waals surface area (Å²) in [4.78, 5) is 13.4. The molecule has 0 spiro atoms. The highest BCUT2D eigenvalue weighted by Crippen LogP contribution is 2.70. The van der Waals surface area contributed by atoms with E-state index in [1.807, 2.05) is 60.7 Å². The Balaban J connectivity index is 1.55. The van der Waals surface area contributed by atoms with Gasteiger partial charge in [-0.25, -0.2) is 0 Å². The number of hydrogen-bond acceptors (Lipinski definition) is 8. The highest BCUT2D eigenvalue weighted by molar-refractivity contribution is 5.78. The molecule has 2 unspecified atom stereocenters. The Hall–Kier alpha value is -4.53. The maximum atomic E-state index is 13.4. The third kappa shape index (κ3) is 4.01. The number of esters is 1. The number of aliphatic hydroxyl groups is 2. The third-order valence-corrected chi connectivity index (χ3v) is 8.44. The van der Waals surface area contributed by atoms with Crippen molar-refractivity contribution < 1.29 is 38.7 Å². The molecule has 1 saturated carbocycles. The SMILES string of the molecule is COC(=O)C1C(c2ccccc2)[C@]2(c3ccc(OCc4ccccc4)cc3)Oc3cc(OC)cc(OC)c3[C@]2(O)[C@@H]1O. The summed E-state index contributed by atoms with van der Waals surface area (Å²) in [6, 6.07) is 29.5. The molecule has 4 aromatic rings. The molecule has 5 atom stereocenters. The maximum absolute atomic E-state index is 13.4. The lowest BCUT2D eigenvalue weighted by atomic mass is 9.70. The zero-order valence-corrected chi connectivity index (χ0v) is 23.5. The van der Waals surface area contributed by atoms with Crippen LogP contribution in [-0.2, 0) is 27.3 Å². The van der Waals surface area contributed by atoms with Crippen LogP contribution in [-0.4, -0.2) is 43.6 Å². The molecule has 216 valence electrons. The summed E-state index contributed by atoms with van der Waals surface area (Å²) in [5, 5.41) is 24.9. The van der Waals surface area contributed by atoms with E-state index in [0.29, 0.717) is 29.2 Å². The van der Waals surface area contributed by atoms with Crippen LogP contribution in [0.4, 0.5) is 0 Å². The van der Waals surface area contributed by atoms with E-state index in [0.717, 1.165) is 5.56 Å². The molecule has 0 aromatic heterocycles. The van der Waals surface area contributed by atoms with Crippen LogP contribution in [0.5, 0.6) is 23.0 Å². The molecule has 0 radical (unpaired) electrons. The van der Waals surface area contributed by atoms with E-state index in [9.17, 15) is 15.0 Å². The molecule has 0 amide bonds. The number of rotatable bonds is 8. The first-order chi connectivity index (χ1) is 20.4. The van der Waals surface area contributed by atoms with Crippen LogP contribution in [0, 0.1) is 5.92 Å². The van der Waals surface area contributed by atoms with Gasteiger partial charge in [-0.1, -0.05) is 72.8 Å². The number of carbonyl (C=O) groups excluding carboxylic acids is 1. The van der Waals surface area contributed by atoms with E-state index in [-0.39, 0.29) is 17.1 Å². The average molecular weight is 569 g/mol. The number of hydrogen-bond donors (Lipinski definition) is 2. The molecule has 8 nitrogen and oxygen atoms in total. The van der Waals surface area contributed by atoms with E-state index in [1.54, 1.807) is 36.4 Å². The molecule has 1 aliphatic heterocycles. The Morgan fingerprint density at radius 3 is 2.14 bits per heavy atom. The van der Waals surface area contributed by atoms with Crippen molar-refractivity contribution in [3.05, 3.63) is 119 Å². The summed E-state index contributed by atoms with van der Waals surface area (Å²) in [6.07, 6.45) is -1.62. The predicted molar refractivity (Wildman–Crippen MR) is 154 cm³/mol. The van der Waals surface area contributed by atoms with Gasteiger partial charge in [0, 0.05) is 18.1 Å². The minimum atomic E-state index is -2.12. The highest BCUT2D eigenvalue weighted by Gasteiger charge is 2.78. The summed E-state index contributed by atoms with van der Waals surface area (Å²) in [5.74, 6) is -1.10. The van der Waals surface area contributed by atoms with Crippen LogP contribution in [0.15, 0.2) is 97.1 Å². The van der Waals surface area contributed by atoms with Gasteiger partial charge in [0.25, 0.3) is 0 Å². The highest BCUT2D eigenvalue weighted by atomic mass is 16.6. The Kier molecular flexibility index (Phi) is 7.04. The average Bonchev–Trinajstić information content (AvgIpc) is 3.42. The molecule has 2 N–H and O–H groups in total. The molecule has 4 aromatic carbocycles. The van der Waals surface area contributed by atoms with Crippen molar-refractivity contribution in [2.24, 2.45) is 5.92 Å². The van der Waals surface area contributed by atoms with Gasteiger partial charge in [-0.2, -0.15) is 0 Å². The van der Waals surface area contributed by atoms with Crippen LogP contribution < -0.4 is 18.9 Å². The van der Waals surface area contributed by atoms with Crippen molar-refractivity contribution >= 4 is 5.97 Å². The van der Waals surface area contributed by atoms with Gasteiger partial charge < -0.3 is 33.9 Å². The summed E-state index contributed by atoms with van der Waals surface area (Å²) < 4.78 is 29.2. The van der Waals surface area contributed by atoms with Crippen molar-refractivity contribution in [1.82, 2.24) is 0 Å². The molecule has 1 fully saturated rings. The smallest absolute Gasteiger partial charge is 0.312 e. The van der Waals surface area contributed by atoms with Gasteiger partial charge in [0.1, 0.15) is 35.7 Å². The molecule has 6 rings (SSSR count). The second-order valence-corrected chi connectivity index (χ2v) is 10.5. The maximum Gasteiger partial charge on any atom is 0.312 e. The topological polar surface area (TPSA) is 104 Å². The molecular formula is C34H32O8. The van der Waals surface area contributed by atoms with Crippen molar-refractivity contribution in [3.8, 4) is 23.0 Å². The third-order valence-electron chi connectivity index (χ3n) is 8.44.